The van der Waals surface area contributed by atoms with Crippen LogP contribution in [0.5, 0.6) is 5.75 Å². The van der Waals surface area contributed by atoms with Crippen LogP contribution in [-0.2, 0) is 46.5 Å². The second kappa shape index (κ2) is 19.8. The van der Waals surface area contributed by atoms with Gasteiger partial charge in [0.25, 0.3) is 5.91 Å². The Labute approximate surface area is 333 Å². The van der Waals surface area contributed by atoms with Gasteiger partial charge in [0.2, 0.25) is 5.91 Å². The fourth-order valence-corrected chi connectivity index (χ4v) is 6.46. The summed E-state index contributed by atoms with van der Waals surface area (Å²) in [5, 5.41) is 23.8. The van der Waals surface area contributed by atoms with E-state index in [1.165, 1.54) is 24.0 Å². The van der Waals surface area contributed by atoms with E-state index in [2.05, 4.69) is 0 Å². The summed E-state index contributed by atoms with van der Waals surface area (Å²) in [4.78, 5) is 65.5. The van der Waals surface area contributed by atoms with Gasteiger partial charge in [0.05, 0.1) is 23.7 Å². The van der Waals surface area contributed by atoms with Gasteiger partial charge in [0, 0.05) is 44.7 Å². The number of rotatable bonds is 15. The molecule has 0 radical (unpaired) electrons. The largest absolute Gasteiger partial charge is 0.475 e. The highest BCUT2D eigenvalue weighted by Gasteiger charge is 2.49. The van der Waals surface area contributed by atoms with Crippen LogP contribution >= 0.6 is 0 Å². The molecule has 0 aromatic heterocycles. The topological polar surface area (TPSA) is 194 Å². The summed E-state index contributed by atoms with van der Waals surface area (Å²) < 4.78 is 35.3. The first-order valence-corrected chi connectivity index (χ1v) is 18.6. The van der Waals surface area contributed by atoms with E-state index in [1.54, 1.807) is 35.2 Å². The van der Waals surface area contributed by atoms with Crippen LogP contribution in [0.15, 0.2) is 109 Å². The lowest BCUT2D eigenvalue weighted by atomic mass is 9.98. The lowest BCUT2D eigenvalue weighted by molar-refractivity contribution is -0.385. The van der Waals surface area contributed by atoms with Gasteiger partial charge in [0.15, 0.2) is 24.8 Å². The number of aliphatic hydroxyl groups is 1. The third kappa shape index (κ3) is 10.8. The molecule has 2 aliphatic rings. The van der Waals surface area contributed by atoms with Crippen LogP contribution in [0.25, 0.3) is 0 Å². The minimum Gasteiger partial charge on any atom is -0.475 e. The molecule has 0 saturated carbocycles. The molecule has 0 bridgehead atoms. The van der Waals surface area contributed by atoms with Crippen LogP contribution in [0.1, 0.15) is 38.8 Å². The number of carbonyl (C=O) groups excluding carboxylic acids is 4. The van der Waals surface area contributed by atoms with E-state index in [4.69, 9.17) is 28.4 Å². The van der Waals surface area contributed by atoms with Crippen molar-refractivity contribution in [3.63, 3.8) is 0 Å². The van der Waals surface area contributed by atoms with Crippen LogP contribution in [0, 0.1) is 10.1 Å². The number of esters is 2. The number of ether oxygens (including phenoxy) is 6. The molecular weight excluding hydrogens is 754 g/mol. The van der Waals surface area contributed by atoms with Crippen molar-refractivity contribution >= 4 is 29.4 Å². The molecule has 5 atom stereocenters. The van der Waals surface area contributed by atoms with Crippen LogP contribution in [0.4, 0.5) is 5.69 Å². The van der Waals surface area contributed by atoms with Crippen LogP contribution in [0.2, 0.25) is 0 Å². The van der Waals surface area contributed by atoms with Crippen molar-refractivity contribution < 1.29 is 57.6 Å². The number of carbonyl (C=O) groups is 4. The summed E-state index contributed by atoms with van der Waals surface area (Å²) in [7, 11) is 0. The Morgan fingerprint density at radius 1 is 0.776 bits per heavy atom. The summed E-state index contributed by atoms with van der Waals surface area (Å²) in [6.45, 7) is 1.50. The number of amides is 2. The maximum absolute atomic E-state index is 13.2. The Kier molecular flexibility index (Phi) is 14.1. The quantitative estimate of drug-likeness (QED) is 0.103. The van der Waals surface area contributed by atoms with Gasteiger partial charge >= 0.3 is 17.6 Å². The maximum atomic E-state index is 13.2. The average molecular weight is 798 g/mol. The van der Waals surface area contributed by atoms with Crippen molar-refractivity contribution in [3.05, 3.63) is 142 Å². The third-order valence-corrected chi connectivity index (χ3v) is 9.58. The predicted molar refractivity (Wildman–Crippen MR) is 204 cm³/mol. The molecule has 6 rings (SSSR count). The van der Waals surface area contributed by atoms with Crippen LogP contribution in [-0.4, -0.2) is 114 Å². The minimum absolute atomic E-state index is 0.0190. The lowest BCUT2D eigenvalue weighted by Gasteiger charge is -2.43. The molecule has 16 nitrogen and oxygen atoms in total. The number of benzene rings is 4. The van der Waals surface area contributed by atoms with E-state index < -0.39 is 72.4 Å². The van der Waals surface area contributed by atoms with Gasteiger partial charge in [-0.15, -0.1) is 0 Å². The molecule has 2 aliphatic heterocycles. The number of piperazine rings is 1. The summed E-state index contributed by atoms with van der Waals surface area (Å²) in [6.07, 6.45) is -6.57. The van der Waals surface area contributed by atoms with Crippen molar-refractivity contribution in [1.82, 2.24) is 9.80 Å². The van der Waals surface area contributed by atoms with Gasteiger partial charge in [-0.2, -0.15) is 0 Å². The van der Waals surface area contributed by atoms with Gasteiger partial charge in [-0.05, 0) is 35.4 Å². The fraction of sp³-hybridized carbons (Fsp3) is 0.333. The highest BCUT2D eigenvalue weighted by Crippen LogP contribution is 2.31. The zero-order valence-electron chi connectivity index (χ0n) is 31.6. The average Bonchev–Trinajstić information content (AvgIpc) is 3.25. The molecule has 0 spiro atoms. The van der Waals surface area contributed by atoms with Gasteiger partial charge < -0.3 is 43.3 Å². The smallest absolute Gasteiger partial charge is 0.344 e. The highest BCUT2D eigenvalue weighted by molar-refractivity contribution is 5.95. The number of hydrogen-bond donors (Lipinski definition) is 1. The van der Waals surface area contributed by atoms with Crippen molar-refractivity contribution in [3.8, 4) is 5.75 Å². The molecule has 4 aromatic carbocycles. The molecule has 1 N–H and O–H groups in total. The van der Waals surface area contributed by atoms with Crippen LogP contribution in [0.3, 0.4) is 0 Å². The number of nitrogens with zero attached hydrogens (tertiary/aromatic N) is 3. The zero-order valence-corrected chi connectivity index (χ0v) is 31.6. The Bertz CT molecular complexity index is 2030. The minimum atomic E-state index is -1.52. The number of hydrogen-bond acceptors (Lipinski definition) is 13. The van der Waals surface area contributed by atoms with E-state index in [1.807, 2.05) is 60.7 Å². The van der Waals surface area contributed by atoms with Crippen molar-refractivity contribution in [2.45, 2.75) is 50.8 Å². The standard InChI is InChI=1S/C42H43N3O13/c1-28(46)43-19-21-44(22-20-43)40(49)32-17-18-34(33(23-32)45(51)52)53-27-36(47)54-26-35-38(55-24-29-11-5-2-6-12-29)37(48)39(58-41(50)31-15-9-4-10-16-31)42(57-35)56-25-30-13-7-3-8-14-30/h2-18,23,35,37-39,42,48H,19-22,24-27H2,1H3/t35?,37-,38-,39?,42+/m0/s1. The molecular formula is C42H43N3O13. The second-order valence-electron chi connectivity index (χ2n) is 13.5. The fourth-order valence-electron chi connectivity index (χ4n) is 6.46. The van der Waals surface area contributed by atoms with Crippen molar-refractivity contribution in [2.24, 2.45) is 0 Å². The maximum Gasteiger partial charge on any atom is 0.344 e. The summed E-state index contributed by atoms with van der Waals surface area (Å²) in [5.74, 6) is -2.48. The number of aliphatic hydroxyl groups excluding tert-OH is 1. The molecule has 304 valence electrons. The summed E-state index contributed by atoms with van der Waals surface area (Å²) in [6, 6.07) is 30.1. The normalized spacial score (nSPS) is 20.5. The molecule has 2 heterocycles. The van der Waals surface area contributed by atoms with E-state index in [-0.39, 0.29) is 49.1 Å². The molecule has 2 fully saturated rings. The van der Waals surface area contributed by atoms with E-state index >= 15 is 0 Å². The Hall–Kier alpha value is -6.20. The van der Waals surface area contributed by atoms with Crippen LogP contribution < -0.4 is 4.74 Å². The van der Waals surface area contributed by atoms with Crippen molar-refractivity contribution in [1.29, 1.82) is 0 Å². The predicted octanol–water partition coefficient (Wildman–Crippen LogP) is 3.93. The van der Waals surface area contributed by atoms with E-state index in [0.717, 1.165) is 17.2 Å². The van der Waals surface area contributed by atoms with E-state index in [9.17, 15) is 34.4 Å². The molecule has 16 heteroatoms. The Morgan fingerprint density at radius 3 is 1.97 bits per heavy atom. The van der Waals surface area contributed by atoms with Gasteiger partial charge in [0.1, 0.15) is 24.9 Å². The first-order valence-electron chi connectivity index (χ1n) is 18.6. The van der Waals surface area contributed by atoms with Gasteiger partial charge in [-0.25, -0.2) is 9.59 Å². The molecule has 58 heavy (non-hydrogen) atoms. The Morgan fingerprint density at radius 2 is 1.36 bits per heavy atom. The highest BCUT2D eigenvalue weighted by atomic mass is 16.7. The first kappa shape index (κ1) is 41.4. The lowest BCUT2D eigenvalue weighted by Crippen LogP contribution is -2.61. The molecule has 4 aromatic rings. The van der Waals surface area contributed by atoms with Crippen molar-refractivity contribution in [2.75, 3.05) is 39.4 Å². The SMILES string of the molecule is CC(=O)N1CCN(C(=O)c2ccc(OCC(=O)OCC3O[C@@H](OCc4ccccc4)C(OC(=O)c4ccccc4)[C@@H](O)[C@H]3OCc3ccccc3)c([N+](=O)[O-])c2)CC1. The van der Waals surface area contributed by atoms with E-state index in [0.29, 0.717) is 13.1 Å². The molecule has 2 saturated heterocycles. The zero-order chi connectivity index (χ0) is 41.0. The second-order valence-corrected chi connectivity index (χ2v) is 13.5. The summed E-state index contributed by atoms with van der Waals surface area (Å²) >= 11 is 0. The third-order valence-electron chi connectivity index (χ3n) is 9.58. The number of nitro groups is 1. The molecule has 2 amide bonds. The summed E-state index contributed by atoms with van der Waals surface area (Å²) in [5.41, 5.74) is 1.28. The number of nitro benzene ring substituents is 1. The van der Waals surface area contributed by atoms with Gasteiger partial charge in [-0.1, -0.05) is 78.9 Å². The molecule has 0 aliphatic carbocycles. The monoisotopic (exact) mass is 797 g/mol. The molecule has 2 unspecified atom stereocenters. The Balaban J connectivity index is 1.14. The first-order chi connectivity index (χ1) is 28.1. The van der Waals surface area contributed by atoms with Gasteiger partial charge in [-0.3, -0.25) is 19.7 Å².